The molecule has 17 heavy (non-hydrogen) atoms. The minimum atomic E-state index is 0.669. The third-order valence-electron chi connectivity index (χ3n) is 3.58. The molecule has 2 atom stereocenters. The van der Waals surface area contributed by atoms with Crippen molar-refractivity contribution in [3.8, 4) is 0 Å². The number of nitrogens with zero attached hydrogens (tertiary/aromatic N) is 2. The lowest BCUT2D eigenvalue weighted by atomic mass is 9.91. The molecule has 1 aliphatic heterocycles. The number of hydrogen-bond acceptors (Lipinski definition) is 2. The fourth-order valence-corrected chi connectivity index (χ4v) is 2.72. The van der Waals surface area contributed by atoms with Gasteiger partial charge in [0.1, 0.15) is 0 Å². The number of halogens is 1. The smallest absolute Gasteiger partial charge is 0.0817 e. The average Bonchev–Trinajstić information content (AvgIpc) is 2.65. The van der Waals surface area contributed by atoms with Crippen LogP contribution in [0.4, 0.5) is 0 Å². The second kappa shape index (κ2) is 5.87. The molecule has 0 amide bonds. The fraction of sp³-hybridized carbons (Fsp3) is 0.769. The molecule has 1 saturated heterocycles. The summed E-state index contributed by atoms with van der Waals surface area (Å²) in [6, 6.07) is 0.669. The highest BCUT2D eigenvalue weighted by Gasteiger charge is 2.20. The molecule has 0 bridgehead atoms. The first-order valence-corrected chi connectivity index (χ1v) is 7.02. The Morgan fingerprint density at radius 3 is 3.00 bits per heavy atom. The third kappa shape index (κ3) is 3.23. The summed E-state index contributed by atoms with van der Waals surface area (Å²) in [6.07, 6.45) is 6.50. The summed E-state index contributed by atoms with van der Waals surface area (Å²) in [7, 11) is 0. The topological polar surface area (TPSA) is 29.9 Å². The summed E-state index contributed by atoms with van der Waals surface area (Å²) < 4.78 is 2.07. The summed E-state index contributed by atoms with van der Waals surface area (Å²) in [5, 5.41) is 8.72. The number of aromatic nitrogens is 2. The minimum Gasteiger partial charge on any atom is -0.314 e. The maximum atomic E-state index is 6.22. The normalized spacial score (nSPS) is 25.1. The van der Waals surface area contributed by atoms with E-state index in [-0.39, 0.29) is 0 Å². The fourth-order valence-electron chi connectivity index (χ4n) is 2.50. The first-order chi connectivity index (χ1) is 8.20. The molecular formula is C13H22ClN3. The van der Waals surface area contributed by atoms with Gasteiger partial charge in [-0.05, 0) is 45.1 Å². The van der Waals surface area contributed by atoms with Crippen molar-refractivity contribution in [1.29, 1.82) is 0 Å². The van der Waals surface area contributed by atoms with E-state index in [2.05, 4.69) is 28.9 Å². The predicted molar refractivity (Wildman–Crippen MR) is 71.4 cm³/mol. The van der Waals surface area contributed by atoms with Gasteiger partial charge in [0, 0.05) is 12.6 Å². The van der Waals surface area contributed by atoms with Gasteiger partial charge in [-0.1, -0.05) is 18.5 Å². The highest BCUT2D eigenvalue weighted by Crippen LogP contribution is 2.23. The van der Waals surface area contributed by atoms with Gasteiger partial charge < -0.3 is 5.32 Å². The average molecular weight is 256 g/mol. The lowest BCUT2D eigenvalue weighted by Gasteiger charge is -2.27. The maximum absolute atomic E-state index is 6.22. The molecule has 3 nitrogen and oxygen atoms in total. The summed E-state index contributed by atoms with van der Waals surface area (Å²) in [6.45, 7) is 6.50. The van der Waals surface area contributed by atoms with E-state index in [9.17, 15) is 0 Å². The Labute approximate surface area is 109 Å². The predicted octanol–water partition coefficient (Wildman–Crippen LogP) is 2.88. The molecule has 2 unspecified atom stereocenters. The van der Waals surface area contributed by atoms with Crippen LogP contribution >= 0.6 is 11.6 Å². The lowest BCUT2D eigenvalue weighted by molar-refractivity contribution is 0.316. The van der Waals surface area contributed by atoms with Crippen LogP contribution in [0.2, 0.25) is 5.02 Å². The zero-order valence-corrected chi connectivity index (χ0v) is 11.5. The van der Waals surface area contributed by atoms with Gasteiger partial charge in [-0.2, -0.15) is 5.10 Å². The quantitative estimate of drug-likeness (QED) is 0.897. The highest BCUT2D eigenvalue weighted by molar-refractivity contribution is 6.31. The van der Waals surface area contributed by atoms with Crippen LogP contribution in [-0.4, -0.2) is 22.4 Å². The monoisotopic (exact) mass is 255 g/mol. The summed E-state index contributed by atoms with van der Waals surface area (Å²) >= 11 is 6.22. The van der Waals surface area contributed by atoms with E-state index >= 15 is 0 Å². The van der Waals surface area contributed by atoms with Crippen molar-refractivity contribution in [2.45, 2.75) is 52.1 Å². The van der Waals surface area contributed by atoms with E-state index in [0.29, 0.717) is 12.0 Å². The van der Waals surface area contributed by atoms with Gasteiger partial charge >= 0.3 is 0 Å². The Morgan fingerprint density at radius 1 is 1.53 bits per heavy atom. The van der Waals surface area contributed by atoms with Crippen molar-refractivity contribution in [3.05, 3.63) is 16.9 Å². The molecule has 1 aliphatic rings. The second-order valence-electron chi connectivity index (χ2n) is 5.12. The van der Waals surface area contributed by atoms with Crippen LogP contribution in [0.15, 0.2) is 6.20 Å². The molecule has 2 heterocycles. The van der Waals surface area contributed by atoms with Gasteiger partial charge in [-0.25, -0.2) is 0 Å². The summed E-state index contributed by atoms with van der Waals surface area (Å²) in [5.74, 6) is 0.705. The number of piperidine rings is 1. The Bertz CT molecular complexity index is 354. The Kier molecular flexibility index (Phi) is 4.46. The van der Waals surface area contributed by atoms with Crippen molar-refractivity contribution in [2.75, 3.05) is 6.54 Å². The van der Waals surface area contributed by atoms with Gasteiger partial charge in [0.25, 0.3) is 0 Å². The van der Waals surface area contributed by atoms with Crippen LogP contribution in [0.25, 0.3) is 0 Å². The molecule has 1 aromatic rings. The van der Waals surface area contributed by atoms with Gasteiger partial charge in [0.15, 0.2) is 0 Å². The molecule has 0 radical (unpaired) electrons. The van der Waals surface area contributed by atoms with Crippen molar-refractivity contribution in [2.24, 2.45) is 5.92 Å². The van der Waals surface area contributed by atoms with Crippen molar-refractivity contribution < 1.29 is 0 Å². The van der Waals surface area contributed by atoms with Crippen LogP contribution in [0.5, 0.6) is 0 Å². The molecule has 0 spiro atoms. The van der Waals surface area contributed by atoms with Crippen LogP contribution in [-0.2, 0) is 13.0 Å². The van der Waals surface area contributed by atoms with Crippen LogP contribution in [0.3, 0.4) is 0 Å². The largest absolute Gasteiger partial charge is 0.314 e. The van der Waals surface area contributed by atoms with Gasteiger partial charge in [0.05, 0.1) is 16.9 Å². The molecule has 4 heteroatoms. The standard InChI is InChI=1S/C13H22ClN3/c1-3-6-17-13(12(14)9-16-17)7-11-5-4-10(2)15-8-11/h9-11,15H,3-8H2,1-2H3. The number of aryl methyl sites for hydroxylation is 1. The van der Waals surface area contributed by atoms with Crippen molar-refractivity contribution in [1.82, 2.24) is 15.1 Å². The Balaban J connectivity index is 2.00. The van der Waals surface area contributed by atoms with Crippen molar-refractivity contribution in [3.63, 3.8) is 0 Å². The van der Waals surface area contributed by atoms with Crippen LogP contribution in [0.1, 0.15) is 38.8 Å². The molecule has 0 aromatic carbocycles. The second-order valence-corrected chi connectivity index (χ2v) is 5.53. The lowest BCUT2D eigenvalue weighted by Crippen LogP contribution is -2.37. The molecule has 1 aromatic heterocycles. The highest BCUT2D eigenvalue weighted by atomic mass is 35.5. The molecule has 0 aliphatic carbocycles. The maximum Gasteiger partial charge on any atom is 0.0817 e. The molecule has 96 valence electrons. The van der Waals surface area contributed by atoms with E-state index in [1.807, 2.05) is 0 Å². The summed E-state index contributed by atoms with van der Waals surface area (Å²) in [4.78, 5) is 0. The van der Waals surface area contributed by atoms with Crippen molar-refractivity contribution >= 4 is 11.6 Å². The molecule has 1 fully saturated rings. The van der Waals surface area contributed by atoms with Gasteiger partial charge in [-0.15, -0.1) is 0 Å². The van der Waals surface area contributed by atoms with Crippen LogP contribution < -0.4 is 5.32 Å². The van der Waals surface area contributed by atoms with Gasteiger partial charge in [0.2, 0.25) is 0 Å². The van der Waals surface area contributed by atoms with E-state index in [1.54, 1.807) is 6.20 Å². The Morgan fingerprint density at radius 2 is 2.35 bits per heavy atom. The SMILES string of the molecule is CCCn1ncc(Cl)c1CC1CCC(C)NC1. The molecule has 2 rings (SSSR count). The zero-order chi connectivity index (χ0) is 12.3. The number of nitrogens with one attached hydrogen (secondary N) is 1. The van der Waals surface area contributed by atoms with Gasteiger partial charge in [-0.3, -0.25) is 4.68 Å². The van der Waals surface area contributed by atoms with Crippen LogP contribution in [0, 0.1) is 5.92 Å². The van der Waals surface area contributed by atoms with E-state index in [4.69, 9.17) is 11.6 Å². The summed E-state index contributed by atoms with van der Waals surface area (Å²) in [5.41, 5.74) is 1.22. The van der Waals surface area contributed by atoms with E-state index in [1.165, 1.54) is 18.5 Å². The zero-order valence-electron chi connectivity index (χ0n) is 10.7. The first kappa shape index (κ1) is 12.9. The minimum absolute atomic E-state index is 0.669. The Hall–Kier alpha value is -0.540. The number of hydrogen-bond donors (Lipinski definition) is 1. The first-order valence-electron chi connectivity index (χ1n) is 6.64. The number of rotatable bonds is 4. The third-order valence-corrected chi connectivity index (χ3v) is 3.89. The molecular weight excluding hydrogens is 234 g/mol. The molecule has 1 N–H and O–H groups in total. The molecule has 0 saturated carbocycles. The van der Waals surface area contributed by atoms with E-state index < -0.39 is 0 Å². The van der Waals surface area contributed by atoms with E-state index in [0.717, 1.165) is 31.0 Å².